The highest BCUT2D eigenvalue weighted by atomic mass is 35.5. The molecule has 0 unspecified atom stereocenters. The molecule has 13 heteroatoms. The predicted molar refractivity (Wildman–Crippen MR) is 134 cm³/mol. The van der Waals surface area contributed by atoms with E-state index in [0.717, 1.165) is 27.9 Å². The van der Waals surface area contributed by atoms with Crippen LogP contribution < -0.4 is 11.1 Å². The largest absolute Gasteiger partial charge is 0.420 e. The Balaban J connectivity index is 1.82. The number of hydrogen-bond acceptors (Lipinski definition) is 5. The fourth-order valence-electron chi connectivity index (χ4n) is 3.79. The minimum absolute atomic E-state index is 0.0491. The van der Waals surface area contributed by atoms with Crippen molar-refractivity contribution in [2.75, 3.05) is 25.4 Å². The van der Waals surface area contributed by atoms with Crippen LogP contribution in [0.5, 0.6) is 0 Å². The molecule has 3 rings (SSSR count). The Morgan fingerprint density at radius 3 is 2.39 bits per heavy atom. The van der Waals surface area contributed by atoms with Crippen LogP contribution in [-0.4, -0.2) is 63.0 Å². The standard InChI is InChI=1S/C25H26ClF4N5O3/c1-3-15-6-5-7-19(26)20(15)23(37)34(4-2)14-24(38,25(28,29)30)13-32-22(36)18-12-33-35(21(18)31)17-10-8-16(27)9-11-17/h5-12,38H,3-4,13-14,31H2,1-2H3,(H,32,36)/t24-/m0/s1. The quantitative estimate of drug-likeness (QED) is 0.346. The van der Waals surface area contributed by atoms with Gasteiger partial charge in [0.25, 0.3) is 11.8 Å². The first-order valence-electron chi connectivity index (χ1n) is 11.6. The average molecular weight is 556 g/mol. The number of nitrogens with two attached hydrogens (primary N) is 1. The van der Waals surface area contributed by atoms with Gasteiger partial charge in [-0.3, -0.25) is 9.59 Å². The van der Waals surface area contributed by atoms with Crippen LogP contribution in [0.15, 0.2) is 48.7 Å². The summed E-state index contributed by atoms with van der Waals surface area (Å²) >= 11 is 6.18. The second-order valence-corrected chi connectivity index (χ2v) is 8.90. The number of benzene rings is 2. The van der Waals surface area contributed by atoms with Crippen molar-refractivity contribution in [3.63, 3.8) is 0 Å². The number of rotatable bonds is 9. The summed E-state index contributed by atoms with van der Waals surface area (Å²) in [5.74, 6) is -2.54. The van der Waals surface area contributed by atoms with Gasteiger partial charge < -0.3 is 21.1 Å². The van der Waals surface area contributed by atoms with E-state index in [4.69, 9.17) is 17.3 Å². The molecular weight excluding hydrogens is 530 g/mol. The summed E-state index contributed by atoms with van der Waals surface area (Å²) in [6.45, 7) is 0.621. The van der Waals surface area contributed by atoms with Crippen LogP contribution in [0.3, 0.4) is 0 Å². The number of nitrogens with zero attached hydrogens (tertiary/aromatic N) is 3. The molecule has 1 heterocycles. The lowest BCUT2D eigenvalue weighted by Crippen LogP contribution is -2.60. The second kappa shape index (κ2) is 11.4. The Labute approximate surface area is 221 Å². The average Bonchev–Trinajstić information content (AvgIpc) is 3.26. The minimum Gasteiger partial charge on any atom is -0.383 e. The van der Waals surface area contributed by atoms with Crippen molar-refractivity contribution in [3.8, 4) is 5.69 Å². The molecule has 38 heavy (non-hydrogen) atoms. The number of aromatic nitrogens is 2. The zero-order valence-electron chi connectivity index (χ0n) is 20.5. The van der Waals surface area contributed by atoms with Crippen molar-refractivity contribution >= 4 is 29.2 Å². The number of carbonyl (C=O) groups is 2. The Morgan fingerprint density at radius 2 is 1.82 bits per heavy atom. The molecule has 0 saturated carbocycles. The first kappa shape index (κ1) is 28.9. The van der Waals surface area contributed by atoms with Gasteiger partial charge in [0.05, 0.1) is 35.6 Å². The Kier molecular flexibility index (Phi) is 8.68. The topological polar surface area (TPSA) is 113 Å². The van der Waals surface area contributed by atoms with E-state index in [0.29, 0.717) is 17.7 Å². The molecule has 0 aliphatic carbocycles. The normalized spacial score (nSPS) is 13.2. The molecule has 0 fully saturated rings. The highest BCUT2D eigenvalue weighted by molar-refractivity contribution is 6.34. The van der Waals surface area contributed by atoms with Crippen molar-refractivity contribution in [3.05, 3.63) is 76.2 Å². The van der Waals surface area contributed by atoms with Crippen LogP contribution in [0.4, 0.5) is 23.4 Å². The Morgan fingerprint density at radius 1 is 1.16 bits per heavy atom. The molecule has 1 aromatic heterocycles. The molecule has 8 nitrogen and oxygen atoms in total. The van der Waals surface area contributed by atoms with Gasteiger partial charge in [-0.1, -0.05) is 30.7 Å². The van der Waals surface area contributed by atoms with E-state index in [1.807, 2.05) is 5.32 Å². The molecule has 4 N–H and O–H groups in total. The van der Waals surface area contributed by atoms with Crippen molar-refractivity contribution in [1.82, 2.24) is 20.0 Å². The summed E-state index contributed by atoms with van der Waals surface area (Å²) in [7, 11) is 0. The third kappa shape index (κ3) is 5.91. The van der Waals surface area contributed by atoms with E-state index in [-0.39, 0.29) is 28.5 Å². The molecule has 3 aromatic rings. The molecule has 204 valence electrons. The molecule has 0 radical (unpaired) electrons. The lowest BCUT2D eigenvalue weighted by atomic mass is 10.00. The number of halogens is 5. The number of likely N-dealkylation sites (N-methyl/N-ethyl adjacent to an activating group) is 1. The maximum Gasteiger partial charge on any atom is 0.420 e. The van der Waals surface area contributed by atoms with Crippen molar-refractivity contribution in [2.24, 2.45) is 0 Å². The smallest absolute Gasteiger partial charge is 0.383 e. The Bertz CT molecular complexity index is 1310. The molecule has 1 atom stereocenters. The maximum absolute atomic E-state index is 14.0. The van der Waals surface area contributed by atoms with Gasteiger partial charge >= 0.3 is 6.18 Å². The summed E-state index contributed by atoms with van der Waals surface area (Å²) < 4.78 is 56.4. The molecule has 2 aromatic carbocycles. The molecule has 0 spiro atoms. The highest BCUT2D eigenvalue weighted by Gasteiger charge is 2.55. The van der Waals surface area contributed by atoms with Gasteiger partial charge in [-0.05, 0) is 49.2 Å². The van der Waals surface area contributed by atoms with Crippen LogP contribution in [-0.2, 0) is 6.42 Å². The monoisotopic (exact) mass is 555 g/mol. The summed E-state index contributed by atoms with van der Waals surface area (Å²) in [6, 6.07) is 9.71. The van der Waals surface area contributed by atoms with E-state index in [9.17, 15) is 32.3 Å². The van der Waals surface area contributed by atoms with E-state index < -0.39 is 42.5 Å². The van der Waals surface area contributed by atoms with Crippen molar-refractivity contribution < 1.29 is 32.3 Å². The molecule has 2 amide bonds. The highest BCUT2D eigenvalue weighted by Crippen LogP contribution is 2.32. The number of hydrogen-bond donors (Lipinski definition) is 3. The third-order valence-corrected chi connectivity index (χ3v) is 6.32. The fraction of sp³-hybridized carbons (Fsp3) is 0.320. The zero-order valence-corrected chi connectivity index (χ0v) is 21.3. The van der Waals surface area contributed by atoms with Gasteiger partial charge in [-0.2, -0.15) is 18.3 Å². The van der Waals surface area contributed by atoms with E-state index >= 15 is 0 Å². The lowest BCUT2D eigenvalue weighted by Gasteiger charge is -2.35. The predicted octanol–water partition coefficient (Wildman–Crippen LogP) is 3.99. The molecule has 0 aliphatic rings. The Hall–Kier alpha value is -3.64. The number of carbonyl (C=O) groups excluding carboxylic acids is 2. The molecule has 0 bridgehead atoms. The van der Waals surface area contributed by atoms with Crippen LogP contribution in [0.25, 0.3) is 5.69 Å². The van der Waals surface area contributed by atoms with E-state index in [1.54, 1.807) is 19.1 Å². The van der Waals surface area contributed by atoms with Crippen LogP contribution in [0, 0.1) is 5.82 Å². The zero-order chi connectivity index (χ0) is 28.3. The van der Waals surface area contributed by atoms with E-state index in [2.05, 4.69) is 5.10 Å². The second-order valence-electron chi connectivity index (χ2n) is 8.49. The number of anilines is 1. The number of alkyl halides is 3. The van der Waals surface area contributed by atoms with Gasteiger partial charge in [-0.15, -0.1) is 0 Å². The summed E-state index contributed by atoms with van der Waals surface area (Å²) in [5.41, 5.74) is 3.10. The van der Waals surface area contributed by atoms with Crippen molar-refractivity contribution in [2.45, 2.75) is 32.0 Å². The van der Waals surface area contributed by atoms with Crippen LogP contribution >= 0.6 is 11.6 Å². The molecule has 0 aliphatic heterocycles. The maximum atomic E-state index is 14.0. The minimum atomic E-state index is -5.22. The van der Waals surface area contributed by atoms with Crippen LogP contribution in [0.2, 0.25) is 5.02 Å². The first-order chi connectivity index (χ1) is 17.8. The van der Waals surface area contributed by atoms with Crippen molar-refractivity contribution in [1.29, 1.82) is 0 Å². The summed E-state index contributed by atoms with van der Waals surface area (Å²) in [5, 5.41) is 16.7. The molecular formula is C25H26ClF4N5O3. The molecule has 0 saturated heterocycles. The number of nitrogen functional groups attached to an aromatic ring is 1. The van der Waals surface area contributed by atoms with Crippen LogP contribution in [0.1, 0.15) is 40.1 Å². The van der Waals surface area contributed by atoms with Gasteiger partial charge in [-0.25, -0.2) is 9.07 Å². The lowest BCUT2D eigenvalue weighted by molar-refractivity contribution is -0.259. The number of aryl methyl sites for hydroxylation is 1. The van der Waals surface area contributed by atoms with Gasteiger partial charge in [0, 0.05) is 6.54 Å². The number of amides is 2. The summed E-state index contributed by atoms with van der Waals surface area (Å²) in [4.78, 5) is 26.7. The fourth-order valence-corrected chi connectivity index (χ4v) is 4.07. The van der Waals surface area contributed by atoms with Gasteiger partial charge in [0.2, 0.25) is 0 Å². The van der Waals surface area contributed by atoms with Gasteiger partial charge in [0.1, 0.15) is 17.2 Å². The third-order valence-electron chi connectivity index (χ3n) is 6.01. The number of nitrogens with one attached hydrogen (secondary N) is 1. The van der Waals surface area contributed by atoms with Gasteiger partial charge in [0.15, 0.2) is 5.60 Å². The SMILES string of the molecule is CCc1cccc(Cl)c1C(=O)N(CC)C[C@@](O)(CNC(=O)c1cnn(-c2ccc(F)cc2)c1N)C(F)(F)F. The first-order valence-corrected chi connectivity index (χ1v) is 11.9. The number of aliphatic hydroxyl groups is 1. The van der Waals surface area contributed by atoms with E-state index in [1.165, 1.54) is 25.1 Å². The summed E-state index contributed by atoms with van der Waals surface area (Å²) in [6.07, 6.45) is -3.77.